The Balaban J connectivity index is 2.29. The van der Waals surface area contributed by atoms with Crippen LogP contribution in [-0.2, 0) is 6.54 Å². The van der Waals surface area contributed by atoms with Gasteiger partial charge < -0.3 is 10.4 Å². The minimum atomic E-state index is -4.17. The second-order valence-corrected chi connectivity index (χ2v) is 4.76. The Kier molecular flexibility index (Phi) is 5.14. The van der Waals surface area contributed by atoms with Gasteiger partial charge in [-0.1, -0.05) is 17.7 Å². The largest absolute Gasteiger partial charge is 0.508 e. The molecule has 1 rings (SSSR count). The molecular formula is C11H14F3NOS. The number of phenolic OH excluding ortho intramolecular Hbond substituents is 1. The summed E-state index contributed by atoms with van der Waals surface area (Å²) in [4.78, 5) is 0. The highest BCUT2D eigenvalue weighted by molar-refractivity contribution is 8.00. The molecule has 0 aromatic heterocycles. The summed E-state index contributed by atoms with van der Waals surface area (Å²) in [6, 6.07) is 5.16. The van der Waals surface area contributed by atoms with E-state index in [9.17, 15) is 18.3 Å². The Bertz CT molecular complexity index is 368. The maximum absolute atomic E-state index is 11.8. The van der Waals surface area contributed by atoms with Crippen LogP contribution in [0.15, 0.2) is 18.2 Å². The number of phenols is 1. The number of alkyl halides is 3. The number of benzene rings is 1. The molecule has 1 aromatic rings. The molecule has 0 aliphatic carbocycles. The molecule has 0 saturated carbocycles. The van der Waals surface area contributed by atoms with Crippen LogP contribution in [0.5, 0.6) is 5.75 Å². The average molecular weight is 265 g/mol. The predicted octanol–water partition coefficient (Wildman–Crippen LogP) is 3.04. The summed E-state index contributed by atoms with van der Waals surface area (Å²) >= 11 is -0.0489. The number of hydrogen-bond acceptors (Lipinski definition) is 3. The lowest BCUT2D eigenvalue weighted by atomic mass is 10.1. The number of nitrogens with one attached hydrogen (secondary N) is 1. The topological polar surface area (TPSA) is 32.3 Å². The Morgan fingerprint density at radius 2 is 2.06 bits per heavy atom. The summed E-state index contributed by atoms with van der Waals surface area (Å²) in [5, 5.41) is 12.4. The summed E-state index contributed by atoms with van der Waals surface area (Å²) in [7, 11) is 0. The predicted molar refractivity (Wildman–Crippen MR) is 63.1 cm³/mol. The maximum Gasteiger partial charge on any atom is 0.441 e. The number of thioether (sulfide) groups is 1. The van der Waals surface area contributed by atoms with E-state index in [1.54, 1.807) is 18.2 Å². The summed E-state index contributed by atoms with van der Waals surface area (Å²) < 4.78 is 35.5. The molecule has 0 spiro atoms. The van der Waals surface area contributed by atoms with Crippen LogP contribution in [0.4, 0.5) is 13.2 Å². The third-order valence-corrected chi connectivity index (χ3v) is 2.83. The molecule has 0 aliphatic rings. The number of halogens is 3. The van der Waals surface area contributed by atoms with Gasteiger partial charge in [0.2, 0.25) is 0 Å². The monoisotopic (exact) mass is 265 g/mol. The van der Waals surface area contributed by atoms with E-state index in [0.717, 1.165) is 5.56 Å². The van der Waals surface area contributed by atoms with Gasteiger partial charge in [0.1, 0.15) is 5.75 Å². The first-order valence-electron chi connectivity index (χ1n) is 5.08. The molecule has 0 bridgehead atoms. The fourth-order valence-electron chi connectivity index (χ4n) is 1.32. The lowest BCUT2D eigenvalue weighted by Crippen LogP contribution is -2.18. The molecule has 0 unspecified atom stereocenters. The summed E-state index contributed by atoms with van der Waals surface area (Å²) in [6.45, 7) is 2.51. The number of rotatable bonds is 5. The van der Waals surface area contributed by atoms with Gasteiger partial charge in [-0.05, 0) is 24.8 Å². The van der Waals surface area contributed by atoms with Crippen LogP contribution >= 0.6 is 11.8 Å². The zero-order valence-corrected chi connectivity index (χ0v) is 10.2. The minimum Gasteiger partial charge on any atom is -0.508 e. The molecule has 2 nitrogen and oxygen atoms in total. The molecule has 0 fully saturated rings. The number of hydrogen-bond donors (Lipinski definition) is 2. The third kappa shape index (κ3) is 5.83. The Hall–Kier alpha value is -0.880. The van der Waals surface area contributed by atoms with Crippen molar-refractivity contribution >= 4 is 11.8 Å². The van der Waals surface area contributed by atoms with Crippen molar-refractivity contribution in [3.05, 3.63) is 29.3 Å². The van der Waals surface area contributed by atoms with Crippen molar-refractivity contribution in [3.63, 3.8) is 0 Å². The maximum atomic E-state index is 11.8. The van der Waals surface area contributed by atoms with E-state index in [2.05, 4.69) is 5.32 Å². The molecule has 0 amide bonds. The van der Waals surface area contributed by atoms with Crippen LogP contribution in [0.1, 0.15) is 11.1 Å². The van der Waals surface area contributed by atoms with E-state index in [0.29, 0.717) is 12.1 Å². The molecule has 0 radical (unpaired) electrons. The van der Waals surface area contributed by atoms with E-state index >= 15 is 0 Å². The SMILES string of the molecule is Cc1ccc(O)c(CNCCSC(F)(F)F)c1. The average Bonchev–Trinajstić information content (AvgIpc) is 2.21. The minimum absolute atomic E-state index is 0.0317. The fourth-order valence-corrected chi connectivity index (χ4v) is 1.80. The molecular weight excluding hydrogens is 251 g/mol. The van der Waals surface area contributed by atoms with Gasteiger partial charge in [-0.3, -0.25) is 0 Å². The fraction of sp³-hybridized carbons (Fsp3) is 0.455. The van der Waals surface area contributed by atoms with Crippen LogP contribution in [0.25, 0.3) is 0 Å². The van der Waals surface area contributed by atoms with Gasteiger partial charge in [0, 0.05) is 24.4 Å². The molecule has 6 heteroatoms. The smallest absolute Gasteiger partial charge is 0.441 e. The zero-order valence-electron chi connectivity index (χ0n) is 9.34. The van der Waals surface area contributed by atoms with Gasteiger partial charge in [-0.25, -0.2) is 0 Å². The second kappa shape index (κ2) is 6.16. The zero-order chi connectivity index (χ0) is 12.9. The van der Waals surface area contributed by atoms with E-state index in [1.807, 2.05) is 6.92 Å². The van der Waals surface area contributed by atoms with Gasteiger partial charge in [-0.2, -0.15) is 13.2 Å². The molecule has 1 aromatic carbocycles. The summed E-state index contributed by atoms with van der Waals surface area (Å²) in [5.41, 5.74) is -2.47. The van der Waals surface area contributed by atoms with Crippen molar-refractivity contribution in [1.29, 1.82) is 0 Å². The van der Waals surface area contributed by atoms with Crippen molar-refractivity contribution in [2.75, 3.05) is 12.3 Å². The lowest BCUT2D eigenvalue weighted by molar-refractivity contribution is -0.0327. The molecule has 0 heterocycles. The van der Waals surface area contributed by atoms with Gasteiger partial charge in [-0.15, -0.1) is 0 Å². The van der Waals surface area contributed by atoms with Crippen molar-refractivity contribution in [1.82, 2.24) is 5.32 Å². The van der Waals surface area contributed by atoms with Gasteiger partial charge >= 0.3 is 5.51 Å². The van der Waals surface area contributed by atoms with Crippen LogP contribution < -0.4 is 5.32 Å². The molecule has 96 valence electrons. The molecule has 0 atom stereocenters. The highest BCUT2D eigenvalue weighted by atomic mass is 32.2. The molecule has 0 saturated heterocycles. The van der Waals surface area contributed by atoms with Crippen molar-refractivity contribution in [2.24, 2.45) is 0 Å². The first-order chi connectivity index (χ1) is 7.88. The van der Waals surface area contributed by atoms with E-state index in [4.69, 9.17) is 0 Å². The number of aromatic hydroxyl groups is 1. The highest BCUT2D eigenvalue weighted by Gasteiger charge is 2.27. The van der Waals surface area contributed by atoms with Crippen molar-refractivity contribution in [3.8, 4) is 5.75 Å². The number of aryl methyl sites for hydroxylation is 1. The molecule has 0 aliphatic heterocycles. The summed E-state index contributed by atoms with van der Waals surface area (Å²) in [6.07, 6.45) is 0. The summed E-state index contributed by atoms with van der Waals surface area (Å²) in [5.74, 6) is 0.127. The first kappa shape index (κ1) is 14.2. The lowest BCUT2D eigenvalue weighted by Gasteiger charge is -2.08. The Morgan fingerprint density at radius 3 is 2.71 bits per heavy atom. The molecule has 17 heavy (non-hydrogen) atoms. The van der Waals surface area contributed by atoms with Crippen molar-refractivity contribution in [2.45, 2.75) is 19.0 Å². The normalized spacial score (nSPS) is 11.8. The van der Waals surface area contributed by atoms with Gasteiger partial charge in [0.25, 0.3) is 0 Å². The highest BCUT2D eigenvalue weighted by Crippen LogP contribution is 2.29. The Labute approximate surface area is 102 Å². The van der Waals surface area contributed by atoms with Gasteiger partial charge in [0.05, 0.1) is 0 Å². The van der Waals surface area contributed by atoms with Gasteiger partial charge in [0.15, 0.2) is 0 Å². The van der Waals surface area contributed by atoms with E-state index in [1.165, 1.54) is 0 Å². The second-order valence-electron chi connectivity index (χ2n) is 3.60. The Morgan fingerprint density at radius 1 is 1.35 bits per heavy atom. The van der Waals surface area contributed by atoms with E-state index in [-0.39, 0.29) is 29.8 Å². The van der Waals surface area contributed by atoms with Crippen molar-refractivity contribution < 1.29 is 18.3 Å². The van der Waals surface area contributed by atoms with Crippen LogP contribution in [0, 0.1) is 6.92 Å². The van der Waals surface area contributed by atoms with Crippen LogP contribution in [0.2, 0.25) is 0 Å². The van der Waals surface area contributed by atoms with Crippen LogP contribution in [-0.4, -0.2) is 22.9 Å². The quantitative estimate of drug-likeness (QED) is 0.803. The standard InChI is InChI=1S/C11H14F3NOS/c1-8-2-3-10(16)9(6-8)7-15-4-5-17-11(12,13)14/h2-3,6,15-16H,4-5,7H2,1H3. The molecule has 2 N–H and O–H groups in total. The third-order valence-electron chi connectivity index (χ3n) is 2.10. The first-order valence-corrected chi connectivity index (χ1v) is 6.07. The van der Waals surface area contributed by atoms with Crippen LogP contribution in [0.3, 0.4) is 0 Å². The van der Waals surface area contributed by atoms with E-state index < -0.39 is 5.51 Å².